The van der Waals surface area contributed by atoms with Crippen LogP contribution >= 0.6 is 11.8 Å². The molecule has 0 saturated carbocycles. The molecule has 0 saturated heterocycles. The topological polar surface area (TPSA) is 111 Å². The molecule has 0 aliphatic carbocycles. The van der Waals surface area contributed by atoms with Crippen LogP contribution in [-0.2, 0) is 19.1 Å². The van der Waals surface area contributed by atoms with Gasteiger partial charge in [0.25, 0.3) is 5.91 Å². The van der Waals surface area contributed by atoms with Crippen molar-refractivity contribution < 1.29 is 24.2 Å². The number of aliphatic carboxylic acids is 1. The fourth-order valence-corrected chi connectivity index (χ4v) is 3.20. The molecule has 1 amide bonds. The number of hydrogen-bond acceptors (Lipinski definition) is 6. The maximum atomic E-state index is 12.7. The van der Waals surface area contributed by atoms with Gasteiger partial charge in [-0.1, -0.05) is 13.8 Å². The molecule has 0 spiro atoms. The van der Waals surface area contributed by atoms with E-state index in [1.807, 2.05) is 27.7 Å². The first kappa shape index (κ1) is 23.2. The van der Waals surface area contributed by atoms with Crippen molar-refractivity contribution in [2.45, 2.75) is 77.2 Å². The molecule has 4 atom stereocenters. The average Bonchev–Trinajstić information content (AvgIpc) is 2.42. The van der Waals surface area contributed by atoms with Gasteiger partial charge in [-0.2, -0.15) is 11.8 Å². The van der Waals surface area contributed by atoms with Gasteiger partial charge in [0, 0.05) is 11.9 Å². The second kappa shape index (κ2) is 10.9. The molecule has 8 heteroatoms. The van der Waals surface area contributed by atoms with Crippen molar-refractivity contribution in [1.29, 1.82) is 0 Å². The number of rotatable bonds is 12. The van der Waals surface area contributed by atoms with Gasteiger partial charge in [0.15, 0.2) is 6.10 Å². The smallest absolute Gasteiger partial charge is 0.308 e. The van der Waals surface area contributed by atoms with Crippen LogP contribution in [0.1, 0.15) is 48.0 Å². The van der Waals surface area contributed by atoms with Gasteiger partial charge in [0.1, 0.15) is 5.72 Å². The van der Waals surface area contributed by atoms with Crippen LogP contribution in [0.2, 0.25) is 0 Å². The highest BCUT2D eigenvalue weighted by Crippen LogP contribution is 2.19. The van der Waals surface area contributed by atoms with Gasteiger partial charge in [0.2, 0.25) is 0 Å². The van der Waals surface area contributed by atoms with Crippen LogP contribution in [-0.4, -0.2) is 58.6 Å². The molecule has 7 nitrogen and oxygen atoms in total. The van der Waals surface area contributed by atoms with E-state index in [0.717, 1.165) is 5.75 Å². The Morgan fingerprint density at radius 2 is 1.88 bits per heavy atom. The van der Waals surface area contributed by atoms with Crippen LogP contribution in [0, 0.1) is 0 Å². The predicted octanol–water partition coefficient (Wildman–Crippen LogP) is 1.59. The van der Waals surface area contributed by atoms with Crippen LogP contribution in [0.5, 0.6) is 0 Å². The molecule has 0 rings (SSSR count). The third kappa shape index (κ3) is 8.32. The SMILES string of the molecule is CCOC(C)(CC(=O)O)NC(=O)C(OC(C)C)[C@@H](N)C(C)SCC. The summed E-state index contributed by atoms with van der Waals surface area (Å²) in [5.41, 5.74) is 4.92. The lowest BCUT2D eigenvalue weighted by molar-refractivity contribution is -0.155. The second-order valence-electron chi connectivity index (χ2n) is 6.07. The summed E-state index contributed by atoms with van der Waals surface area (Å²) < 4.78 is 11.2. The number of ether oxygens (including phenoxy) is 2. The van der Waals surface area contributed by atoms with E-state index in [2.05, 4.69) is 5.32 Å². The van der Waals surface area contributed by atoms with Gasteiger partial charge < -0.3 is 25.6 Å². The van der Waals surface area contributed by atoms with Crippen LogP contribution in [0.3, 0.4) is 0 Å². The number of carboxylic acids is 1. The summed E-state index contributed by atoms with van der Waals surface area (Å²) in [5, 5.41) is 11.7. The number of carbonyl (C=O) groups excluding carboxylic acids is 1. The van der Waals surface area contributed by atoms with E-state index < -0.39 is 29.7 Å². The Morgan fingerprint density at radius 1 is 1.29 bits per heavy atom. The highest BCUT2D eigenvalue weighted by atomic mass is 32.2. The molecular formula is C16H32N2O5S. The number of amides is 1. The van der Waals surface area contributed by atoms with E-state index in [1.54, 1.807) is 18.7 Å². The molecular weight excluding hydrogens is 332 g/mol. The Hall–Kier alpha value is -0.830. The molecule has 3 unspecified atom stereocenters. The number of nitrogens with one attached hydrogen (secondary N) is 1. The lowest BCUT2D eigenvalue weighted by Gasteiger charge is -2.34. The van der Waals surface area contributed by atoms with E-state index in [1.165, 1.54) is 6.92 Å². The van der Waals surface area contributed by atoms with E-state index >= 15 is 0 Å². The Bertz CT molecular complexity index is 408. The number of thioether (sulfide) groups is 1. The summed E-state index contributed by atoms with van der Waals surface area (Å²) in [4.78, 5) is 23.8. The first-order chi connectivity index (χ1) is 11.1. The molecule has 0 aromatic rings. The number of nitrogens with two attached hydrogens (primary N) is 1. The number of carbonyl (C=O) groups is 2. The van der Waals surface area contributed by atoms with Crippen molar-refractivity contribution in [2.24, 2.45) is 5.73 Å². The largest absolute Gasteiger partial charge is 0.481 e. The lowest BCUT2D eigenvalue weighted by atomic mass is 10.1. The van der Waals surface area contributed by atoms with E-state index in [-0.39, 0.29) is 24.4 Å². The average molecular weight is 365 g/mol. The molecule has 0 fully saturated rings. The summed E-state index contributed by atoms with van der Waals surface area (Å²) in [6.07, 6.45) is -1.42. The normalized spacial score (nSPS) is 17.8. The summed E-state index contributed by atoms with van der Waals surface area (Å²) >= 11 is 1.64. The van der Waals surface area contributed by atoms with Gasteiger partial charge in [-0.15, -0.1) is 0 Å². The van der Waals surface area contributed by atoms with Gasteiger partial charge in [-0.3, -0.25) is 9.59 Å². The van der Waals surface area contributed by atoms with Crippen molar-refractivity contribution in [2.75, 3.05) is 12.4 Å². The van der Waals surface area contributed by atoms with E-state index in [9.17, 15) is 9.59 Å². The van der Waals surface area contributed by atoms with Crippen LogP contribution in [0.25, 0.3) is 0 Å². The molecule has 0 bridgehead atoms. The van der Waals surface area contributed by atoms with Crippen molar-refractivity contribution in [3.63, 3.8) is 0 Å². The highest BCUT2D eigenvalue weighted by molar-refractivity contribution is 7.99. The van der Waals surface area contributed by atoms with Gasteiger partial charge >= 0.3 is 5.97 Å². The maximum absolute atomic E-state index is 12.7. The molecule has 142 valence electrons. The fraction of sp³-hybridized carbons (Fsp3) is 0.875. The Kier molecular flexibility index (Phi) is 10.5. The standard InChI is InChI=1S/C16H32N2O5S/c1-7-22-16(6,9-12(19)20)18-15(21)14(23-10(3)4)13(17)11(5)24-8-2/h10-11,13-14H,7-9,17H2,1-6H3,(H,18,21)(H,19,20)/t11?,13-,14?,16?/m0/s1. The van der Waals surface area contributed by atoms with Crippen molar-refractivity contribution in [1.82, 2.24) is 5.32 Å². The van der Waals surface area contributed by atoms with Crippen LogP contribution < -0.4 is 11.1 Å². The molecule has 24 heavy (non-hydrogen) atoms. The van der Waals surface area contributed by atoms with Gasteiger partial charge in [-0.25, -0.2) is 0 Å². The zero-order valence-corrected chi connectivity index (χ0v) is 16.3. The van der Waals surface area contributed by atoms with Crippen LogP contribution in [0.15, 0.2) is 0 Å². The molecule has 0 aliphatic heterocycles. The molecule has 0 radical (unpaired) electrons. The Morgan fingerprint density at radius 3 is 2.29 bits per heavy atom. The minimum absolute atomic E-state index is 0.0160. The van der Waals surface area contributed by atoms with Crippen LogP contribution in [0.4, 0.5) is 0 Å². The predicted molar refractivity (Wildman–Crippen MR) is 96.0 cm³/mol. The first-order valence-corrected chi connectivity index (χ1v) is 9.31. The first-order valence-electron chi connectivity index (χ1n) is 8.26. The Balaban J connectivity index is 5.24. The minimum Gasteiger partial charge on any atom is -0.481 e. The summed E-state index contributed by atoms with van der Waals surface area (Å²) in [5.74, 6) is -0.649. The molecule has 4 N–H and O–H groups in total. The third-order valence-corrected chi connectivity index (χ3v) is 4.51. The third-order valence-electron chi connectivity index (χ3n) is 3.34. The molecule has 0 heterocycles. The minimum atomic E-state index is -1.31. The zero-order chi connectivity index (χ0) is 18.9. The zero-order valence-electron chi connectivity index (χ0n) is 15.5. The van der Waals surface area contributed by atoms with Crippen molar-refractivity contribution in [3.8, 4) is 0 Å². The molecule has 0 aliphatic rings. The number of carboxylic acid groups (broad SMARTS) is 1. The number of hydrogen-bond donors (Lipinski definition) is 3. The van der Waals surface area contributed by atoms with E-state index in [0.29, 0.717) is 0 Å². The highest BCUT2D eigenvalue weighted by Gasteiger charge is 2.37. The van der Waals surface area contributed by atoms with Crippen molar-refractivity contribution in [3.05, 3.63) is 0 Å². The lowest BCUT2D eigenvalue weighted by Crippen LogP contribution is -2.58. The van der Waals surface area contributed by atoms with Gasteiger partial charge in [-0.05, 0) is 33.4 Å². The summed E-state index contributed by atoms with van der Waals surface area (Å²) in [6.45, 7) is 11.2. The second-order valence-corrected chi connectivity index (χ2v) is 7.72. The quantitative estimate of drug-likeness (QED) is 0.451. The Labute approximate surface area is 149 Å². The monoisotopic (exact) mass is 364 g/mol. The van der Waals surface area contributed by atoms with Gasteiger partial charge in [0.05, 0.1) is 18.6 Å². The van der Waals surface area contributed by atoms with E-state index in [4.69, 9.17) is 20.3 Å². The maximum Gasteiger partial charge on any atom is 0.308 e. The van der Waals surface area contributed by atoms with Crippen molar-refractivity contribution >= 4 is 23.6 Å². The molecule has 0 aromatic heterocycles. The fourth-order valence-electron chi connectivity index (χ4n) is 2.31. The summed E-state index contributed by atoms with van der Waals surface area (Å²) in [7, 11) is 0. The molecule has 0 aromatic carbocycles. The summed E-state index contributed by atoms with van der Waals surface area (Å²) in [6, 6.07) is -0.520.